The second kappa shape index (κ2) is 5.51. The summed E-state index contributed by atoms with van der Waals surface area (Å²) in [4.78, 5) is 4.19. The van der Waals surface area contributed by atoms with Gasteiger partial charge in [-0.2, -0.15) is 0 Å². The number of pyridine rings is 1. The maximum Gasteiger partial charge on any atom is 0.137 e. The summed E-state index contributed by atoms with van der Waals surface area (Å²) < 4.78 is 13.5. The Morgan fingerprint density at radius 1 is 1.29 bits per heavy atom. The second-order valence-electron chi connectivity index (χ2n) is 3.47. The highest BCUT2D eigenvalue weighted by molar-refractivity contribution is 9.10. The SMILES string of the molecule is Nc1ccc(SCc2ccc(F)c(Br)c2)nc1. The number of nitrogen functional groups attached to an aromatic ring is 1. The van der Waals surface area contributed by atoms with Gasteiger partial charge in [0, 0.05) is 5.75 Å². The van der Waals surface area contributed by atoms with Gasteiger partial charge in [-0.3, -0.25) is 0 Å². The van der Waals surface area contributed by atoms with Crippen molar-refractivity contribution < 1.29 is 4.39 Å². The van der Waals surface area contributed by atoms with Gasteiger partial charge in [0.25, 0.3) is 0 Å². The average molecular weight is 313 g/mol. The van der Waals surface area contributed by atoms with E-state index in [1.54, 1.807) is 30.1 Å². The predicted octanol–water partition coefficient (Wildman–Crippen LogP) is 3.86. The van der Waals surface area contributed by atoms with Crippen LogP contribution in [0.15, 0.2) is 46.0 Å². The standard InChI is InChI=1S/C12H10BrFN2S/c13-10-5-8(1-3-11(10)14)7-17-12-4-2-9(15)6-16-12/h1-6H,7,15H2. The molecule has 0 aliphatic rings. The molecular formula is C12H10BrFN2S. The van der Waals surface area contributed by atoms with Crippen molar-refractivity contribution in [1.82, 2.24) is 4.98 Å². The molecule has 0 fully saturated rings. The van der Waals surface area contributed by atoms with Crippen molar-refractivity contribution >= 4 is 33.4 Å². The molecule has 17 heavy (non-hydrogen) atoms. The third kappa shape index (κ3) is 3.44. The highest BCUT2D eigenvalue weighted by Gasteiger charge is 2.02. The molecule has 0 spiro atoms. The van der Waals surface area contributed by atoms with E-state index in [1.165, 1.54) is 6.07 Å². The molecule has 88 valence electrons. The van der Waals surface area contributed by atoms with Gasteiger partial charge in [-0.15, -0.1) is 11.8 Å². The minimum Gasteiger partial charge on any atom is -0.397 e. The van der Waals surface area contributed by atoms with Crippen molar-refractivity contribution in [3.05, 3.63) is 52.4 Å². The van der Waals surface area contributed by atoms with E-state index < -0.39 is 0 Å². The lowest BCUT2D eigenvalue weighted by Crippen LogP contribution is -1.88. The van der Waals surface area contributed by atoms with Crippen LogP contribution in [0.5, 0.6) is 0 Å². The molecule has 0 bridgehead atoms. The zero-order chi connectivity index (χ0) is 12.3. The Morgan fingerprint density at radius 2 is 2.12 bits per heavy atom. The molecule has 2 N–H and O–H groups in total. The average Bonchev–Trinajstić information content (AvgIpc) is 2.33. The molecule has 0 amide bonds. The lowest BCUT2D eigenvalue weighted by Gasteiger charge is -2.03. The highest BCUT2D eigenvalue weighted by atomic mass is 79.9. The number of benzene rings is 1. The molecule has 0 aliphatic carbocycles. The first-order valence-electron chi connectivity index (χ1n) is 4.93. The number of nitrogens with two attached hydrogens (primary N) is 1. The number of anilines is 1. The fourth-order valence-corrected chi connectivity index (χ4v) is 2.48. The number of halogens is 2. The summed E-state index contributed by atoms with van der Waals surface area (Å²) in [6.45, 7) is 0. The Kier molecular flexibility index (Phi) is 4.02. The highest BCUT2D eigenvalue weighted by Crippen LogP contribution is 2.24. The predicted molar refractivity (Wildman–Crippen MR) is 72.3 cm³/mol. The normalized spacial score (nSPS) is 10.5. The van der Waals surface area contributed by atoms with Gasteiger partial charge in [0.15, 0.2) is 0 Å². The van der Waals surface area contributed by atoms with Gasteiger partial charge >= 0.3 is 0 Å². The maximum atomic E-state index is 13.0. The quantitative estimate of drug-likeness (QED) is 0.875. The van der Waals surface area contributed by atoms with E-state index in [4.69, 9.17) is 5.73 Å². The van der Waals surface area contributed by atoms with Crippen LogP contribution in [0.1, 0.15) is 5.56 Å². The van der Waals surface area contributed by atoms with E-state index in [9.17, 15) is 4.39 Å². The summed E-state index contributed by atoms with van der Waals surface area (Å²) in [5.74, 6) is 0.500. The van der Waals surface area contributed by atoms with Crippen molar-refractivity contribution in [2.24, 2.45) is 0 Å². The zero-order valence-electron chi connectivity index (χ0n) is 8.86. The van der Waals surface area contributed by atoms with Crippen molar-refractivity contribution in [3.8, 4) is 0 Å². The van der Waals surface area contributed by atoms with E-state index in [2.05, 4.69) is 20.9 Å². The van der Waals surface area contributed by atoms with E-state index in [1.807, 2.05) is 12.1 Å². The zero-order valence-corrected chi connectivity index (χ0v) is 11.3. The van der Waals surface area contributed by atoms with Gasteiger partial charge in [0.05, 0.1) is 21.4 Å². The van der Waals surface area contributed by atoms with E-state index in [0.29, 0.717) is 10.2 Å². The molecule has 0 saturated heterocycles. The van der Waals surface area contributed by atoms with Crippen LogP contribution in [-0.4, -0.2) is 4.98 Å². The first-order valence-corrected chi connectivity index (χ1v) is 6.71. The molecule has 2 rings (SSSR count). The first-order chi connectivity index (χ1) is 8.15. The van der Waals surface area contributed by atoms with Gasteiger partial charge in [0.1, 0.15) is 5.82 Å². The summed E-state index contributed by atoms with van der Waals surface area (Å²) in [5.41, 5.74) is 7.25. The second-order valence-corrected chi connectivity index (χ2v) is 5.32. The summed E-state index contributed by atoms with van der Waals surface area (Å²) in [6, 6.07) is 8.69. The lowest BCUT2D eigenvalue weighted by molar-refractivity contribution is 0.620. The minimum atomic E-state index is -0.246. The van der Waals surface area contributed by atoms with Crippen LogP contribution < -0.4 is 5.73 Å². The number of hydrogen-bond acceptors (Lipinski definition) is 3. The summed E-state index contributed by atoms with van der Waals surface area (Å²) in [5, 5.41) is 0.902. The van der Waals surface area contributed by atoms with Gasteiger partial charge in [-0.25, -0.2) is 9.37 Å². The number of rotatable bonds is 3. The molecule has 1 aromatic heterocycles. The number of nitrogens with zero attached hydrogens (tertiary/aromatic N) is 1. The Hall–Kier alpha value is -1.07. The molecule has 1 heterocycles. The molecular weight excluding hydrogens is 303 g/mol. The minimum absolute atomic E-state index is 0.246. The largest absolute Gasteiger partial charge is 0.397 e. The Bertz CT molecular complexity index is 516. The molecule has 0 saturated carbocycles. The third-order valence-corrected chi connectivity index (χ3v) is 3.75. The Balaban J connectivity index is 2.02. The van der Waals surface area contributed by atoms with Crippen molar-refractivity contribution in [3.63, 3.8) is 0 Å². The molecule has 0 unspecified atom stereocenters. The first kappa shape index (κ1) is 12.4. The molecule has 2 aromatic rings. The Labute approximate surface area is 112 Å². The molecule has 0 radical (unpaired) electrons. The van der Waals surface area contributed by atoms with E-state index in [0.717, 1.165) is 16.3 Å². The molecule has 0 aliphatic heterocycles. The van der Waals surface area contributed by atoms with Crippen LogP contribution in [0.4, 0.5) is 10.1 Å². The van der Waals surface area contributed by atoms with Gasteiger partial charge in [-0.1, -0.05) is 6.07 Å². The topological polar surface area (TPSA) is 38.9 Å². The fraction of sp³-hybridized carbons (Fsp3) is 0.0833. The molecule has 0 atom stereocenters. The molecule has 1 aromatic carbocycles. The number of aromatic nitrogens is 1. The third-order valence-electron chi connectivity index (χ3n) is 2.13. The number of thioether (sulfide) groups is 1. The summed E-state index contributed by atoms with van der Waals surface area (Å²) in [7, 11) is 0. The van der Waals surface area contributed by atoms with E-state index in [-0.39, 0.29) is 5.82 Å². The lowest BCUT2D eigenvalue weighted by atomic mass is 10.2. The Morgan fingerprint density at radius 3 is 2.76 bits per heavy atom. The number of hydrogen-bond donors (Lipinski definition) is 1. The van der Waals surface area contributed by atoms with Crippen molar-refractivity contribution in [1.29, 1.82) is 0 Å². The van der Waals surface area contributed by atoms with Crippen LogP contribution in [0.25, 0.3) is 0 Å². The van der Waals surface area contributed by atoms with Gasteiger partial charge < -0.3 is 5.73 Å². The van der Waals surface area contributed by atoms with Crippen molar-refractivity contribution in [2.45, 2.75) is 10.8 Å². The van der Waals surface area contributed by atoms with E-state index >= 15 is 0 Å². The van der Waals surface area contributed by atoms with Crippen LogP contribution >= 0.6 is 27.7 Å². The van der Waals surface area contributed by atoms with Crippen LogP contribution in [-0.2, 0) is 5.75 Å². The van der Waals surface area contributed by atoms with Crippen LogP contribution in [0.3, 0.4) is 0 Å². The summed E-state index contributed by atoms with van der Waals surface area (Å²) >= 11 is 4.75. The van der Waals surface area contributed by atoms with Crippen molar-refractivity contribution in [2.75, 3.05) is 5.73 Å². The fourth-order valence-electron chi connectivity index (χ4n) is 1.26. The molecule has 2 nitrogen and oxygen atoms in total. The molecule has 5 heteroatoms. The summed E-state index contributed by atoms with van der Waals surface area (Å²) in [6.07, 6.45) is 1.63. The van der Waals surface area contributed by atoms with Crippen LogP contribution in [0, 0.1) is 5.82 Å². The smallest absolute Gasteiger partial charge is 0.137 e. The van der Waals surface area contributed by atoms with Gasteiger partial charge in [-0.05, 0) is 45.8 Å². The maximum absolute atomic E-state index is 13.0. The van der Waals surface area contributed by atoms with Gasteiger partial charge in [0.2, 0.25) is 0 Å². The van der Waals surface area contributed by atoms with Crippen LogP contribution in [0.2, 0.25) is 0 Å². The monoisotopic (exact) mass is 312 g/mol.